The number of benzene rings is 1. The van der Waals surface area contributed by atoms with E-state index in [-0.39, 0.29) is 25.4 Å². The molecule has 0 N–H and O–H groups in total. The summed E-state index contributed by atoms with van der Waals surface area (Å²) < 4.78 is 15.1. The molecule has 1 aromatic carbocycles. The zero-order chi connectivity index (χ0) is 20.5. The van der Waals surface area contributed by atoms with Crippen LogP contribution in [0.3, 0.4) is 0 Å². The van der Waals surface area contributed by atoms with Gasteiger partial charge in [0, 0.05) is 54.0 Å². The third-order valence-corrected chi connectivity index (χ3v) is 9.87. The van der Waals surface area contributed by atoms with Crippen molar-refractivity contribution in [1.82, 2.24) is 4.67 Å². The van der Waals surface area contributed by atoms with Gasteiger partial charge in [-0.15, -0.1) is 0 Å². The van der Waals surface area contributed by atoms with Crippen molar-refractivity contribution >= 4 is 24.2 Å². The van der Waals surface area contributed by atoms with Crippen molar-refractivity contribution in [3.8, 4) is 0 Å². The molecule has 1 aromatic rings. The largest absolute Gasteiger partial charge is 0.385 e. The summed E-state index contributed by atoms with van der Waals surface area (Å²) in [7, 11) is 1.33. The number of methoxy groups -OCH3 is 1. The summed E-state index contributed by atoms with van der Waals surface area (Å²) in [6, 6.07) is 8.63. The van der Waals surface area contributed by atoms with Crippen LogP contribution in [0.4, 0.5) is 0 Å². The van der Waals surface area contributed by atoms with Gasteiger partial charge in [-0.2, -0.15) is 0 Å². The second-order valence-corrected chi connectivity index (χ2v) is 11.4. The Hall–Kier alpha value is 0.529. The van der Waals surface area contributed by atoms with Gasteiger partial charge >= 0.3 is 0 Å². The minimum Gasteiger partial charge on any atom is -0.385 e. The summed E-state index contributed by atoms with van der Waals surface area (Å²) in [5, 5.41) is 0. The zero-order valence-electron chi connectivity index (χ0n) is 18.7. The third kappa shape index (κ3) is 7.27. The summed E-state index contributed by atoms with van der Waals surface area (Å²) in [4.78, 5) is 0. The van der Waals surface area contributed by atoms with Gasteiger partial charge in [0.05, 0.1) is 6.10 Å². The number of nitrogens with zero attached hydrogens (tertiary/aromatic N) is 1. The number of ether oxygens (including phenoxy) is 1. The number of hydrogen-bond acceptors (Lipinski definition) is 3. The van der Waals surface area contributed by atoms with Crippen LogP contribution in [0, 0.1) is 5.92 Å². The third-order valence-electron chi connectivity index (χ3n) is 6.54. The molecule has 3 unspecified atom stereocenters. The molecule has 0 aromatic heterocycles. The molecule has 0 amide bonds. The smallest absolute Gasteiger partial charge is 0.108 e. The van der Waals surface area contributed by atoms with Crippen LogP contribution in [0.1, 0.15) is 82.8 Å². The van der Waals surface area contributed by atoms with E-state index in [4.69, 9.17) is 4.52 Å². The maximum atomic E-state index is 6.64. The Bertz CT molecular complexity index is 589. The average Bonchev–Trinajstić information content (AvgIpc) is 3.55. The van der Waals surface area contributed by atoms with E-state index >= 15 is 0 Å². The van der Waals surface area contributed by atoms with E-state index in [2.05, 4.69) is 49.6 Å². The fraction of sp³-hybridized carbons (Fsp3) is 0.750. The minimum atomic E-state index is -0.349. The Morgan fingerprint density at radius 3 is 2.17 bits per heavy atom. The van der Waals surface area contributed by atoms with Gasteiger partial charge < -0.3 is 9.26 Å². The summed E-state index contributed by atoms with van der Waals surface area (Å²) in [5.41, 5.74) is 2.19. The van der Waals surface area contributed by atoms with E-state index in [1.165, 1.54) is 87.3 Å². The Kier molecular flexibility index (Phi) is 13.1. The summed E-state index contributed by atoms with van der Waals surface area (Å²) >= 11 is 3.72. The molecule has 0 spiro atoms. The van der Waals surface area contributed by atoms with Crippen molar-refractivity contribution in [2.75, 3.05) is 26.8 Å². The summed E-state index contributed by atoms with van der Waals surface area (Å²) in [6.07, 6.45) is 14.7. The van der Waals surface area contributed by atoms with E-state index in [1.807, 2.05) is 6.92 Å². The van der Waals surface area contributed by atoms with Crippen LogP contribution in [0.5, 0.6) is 0 Å². The van der Waals surface area contributed by atoms with E-state index in [0.29, 0.717) is 6.10 Å². The Morgan fingerprint density at radius 1 is 1.00 bits per heavy atom. The van der Waals surface area contributed by atoms with Crippen LogP contribution >= 0.6 is 24.2 Å². The first-order valence-electron chi connectivity index (χ1n) is 11.7. The number of halogens is 1. The molecular weight excluding hydrogens is 501 g/mol. The Labute approximate surface area is 204 Å². The first-order valence-corrected chi connectivity index (χ1v) is 13.8. The molecule has 5 rings (SSSR count). The van der Waals surface area contributed by atoms with Crippen LogP contribution in [-0.2, 0) is 26.3 Å². The molecule has 2 saturated heterocycles. The topological polar surface area (TPSA) is 21.7 Å². The van der Waals surface area contributed by atoms with Gasteiger partial charge in [0.25, 0.3) is 0 Å². The first kappa shape index (κ1) is 26.8. The van der Waals surface area contributed by atoms with Gasteiger partial charge in [0.15, 0.2) is 0 Å². The van der Waals surface area contributed by atoms with Crippen LogP contribution < -0.4 is 0 Å². The predicted molar refractivity (Wildman–Crippen MR) is 127 cm³/mol. The van der Waals surface area contributed by atoms with Gasteiger partial charge in [-0.25, -0.2) is 0 Å². The SMILES string of the molecule is Brc1ccccc1[C@H]1OP(N2CCCC2)C2CCCC21.C1CCCC1.CCOC.[Fe]. The molecule has 3 nitrogen and oxygen atoms in total. The zero-order valence-corrected chi connectivity index (χ0v) is 22.3. The molecule has 172 valence electrons. The fourth-order valence-corrected chi connectivity index (χ4v) is 8.36. The van der Waals surface area contributed by atoms with Crippen molar-refractivity contribution in [3.05, 3.63) is 34.3 Å². The quantitative estimate of drug-likeness (QED) is 0.290. The minimum absolute atomic E-state index is 0. The molecule has 6 heteroatoms. The molecule has 2 aliphatic heterocycles. The van der Waals surface area contributed by atoms with Crippen molar-refractivity contribution in [1.29, 1.82) is 0 Å². The van der Waals surface area contributed by atoms with Crippen LogP contribution in [0.15, 0.2) is 28.7 Å². The van der Waals surface area contributed by atoms with Crippen LogP contribution in [-0.4, -0.2) is 37.1 Å². The van der Waals surface area contributed by atoms with Crippen molar-refractivity contribution in [3.63, 3.8) is 0 Å². The number of hydrogen-bond donors (Lipinski definition) is 0. The monoisotopic (exact) mass is 539 g/mol. The van der Waals surface area contributed by atoms with Gasteiger partial charge in [-0.1, -0.05) is 72.7 Å². The summed E-state index contributed by atoms with van der Waals surface area (Å²) in [5.74, 6) is 0.750. The molecule has 4 aliphatic rings. The predicted octanol–water partition coefficient (Wildman–Crippen LogP) is 7.70. The van der Waals surface area contributed by atoms with E-state index in [9.17, 15) is 0 Å². The standard InChI is InChI=1S/C16H21BrNOP.C5H10.C3H8O.Fe/c17-14-8-2-1-6-12(14)16-13-7-5-9-15(13)20(19-16)18-10-3-4-11-18;1-2-4-5-3-1;1-3-4-2;/h1-2,6,8,13,15-16H,3-5,7,9-11H2;1-5H2;3H2,1-2H3;/t13?,15?,16-,20?;;;/m1.../s1. The van der Waals surface area contributed by atoms with Gasteiger partial charge in [0.1, 0.15) is 8.30 Å². The maximum absolute atomic E-state index is 6.64. The maximum Gasteiger partial charge on any atom is 0.108 e. The second kappa shape index (κ2) is 14.6. The first-order chi connectivity index (χ1) is 14.3. The average molecular weight is 540 g/mol. The van der Waals surface area contributed by atoms with E-state index < -0.39 is 0 Å². The molecule has 0 bridgehead atoms. The molecular formula is C24H39BrFeNO2P. The van der Waals surface area contributed by atoms with Crippen LogP contribution in [0.25, 0.3) is 0 Å². The van der Waals surface area contributed by atoms with Gasteiger partial charge in [0.2, 0.25) is 0 Å². The number of rotatable bonds is 3. The normalized spacial score (nSPS) is 30.0. The second-order valence-electron chi connectivity index (χ2n) is 8.52. The van der Waals surface area contributed by atoms with Crippen molar-refractivity contribution in [2.24, 2.45) is 5.92 Å². The molecule has 0 radical (unpaired) electrons. The van der Waals surface area contributed by atoms with Crippen molar-refractivity contribution < 1.29 is 26.3 Å². The van der Waals surface area contributed by atoms with Gasteiger partial charge in [-0.3, -0.25) is 4.67 Å². The molecule has 2 heterocycles. The molecule has 30 heavy (non-hydrogen) atoms. The van der Waals surface area contributed by atoms with Crippen molar-refractivity contribution in [2.45, 2.75) is 82.9 Å². The Morgan fingerprint density at radius 2 is 1.60 bits per heavy atom. The Balaban J connectivity index is 0.000000270. The number of fused-ring (bicyclic) bond motifs is 1. The van der Waals surface area contributed by atoms with E-state index in [0.717, 1.165) is 18.2 Å². The molecule has 2 aliphatic carbocycles. The molecule has 2 saturated carbocycles. The molecule has 4 fully saturated rings. The van der Waals surface area contributed by atoms with Crippen LogP contribution in [0.2, 0.25) is 0 Å². The summed E-state index contributed by atoms with van der Waals surface area (Å²) in [6.45, 7) is 5.30. The van der Waals surface area contributed by atoms with E-state index in [1.54, 1.807) is 7.11 Å². The van der Waals surface area contributed by atoms with Gasteiger partial charge in [-0.05, 0) is 50.2 Å². The fourth-order valence-electron chi connectivity index (χ4n) is 4.92. The molecule has 4 atom stereocenters.